The standard InChI is InChI=1S/C20H21ClF3N3O2/c21-15-6-8-16(9-7-15)26-19(28)29-18(20(22,23)24)13-27-11-3-4-14(12-27)17-5-1-2-10-25-17/h1-2,5-10,14,18H,3-4,11-13H2,(H,26,28)/t14-,18?/m0/s1. The van der Waals surface area contributed by atoms with Crippen LogP contribution in [-0.2, 0) is 4.74 Å². The predicted octanol–water partition coefficient (Wildman–Crippen LogP) is 5.09. The second-order valence-corrected chi connectivity index (χ2v) is 7.36. The van der Waals surface area contributed by atoms with E-state index in [1.165, 1.54) is 24.3 Å². The van der Waals surface area contributed by atoms with E-state index in [4.69, 9.17) is 16.3 Å². The van der Waals surface area contributed by atoms with Crippen LogP contribution in [0.3, 0.4) is 0 Å². The Morgan fingerprint density at radius 1 is 1.28 bits per heavy atom. The molecular weight excluding hydrogens is 407 g/mol. The summed E-state index contributed by atoms with van der Waals surface area (Å²) in [6, 6.07) is 11.5. The first-order chi connectivity index (χ1) is 13.8. The van der Waals surface area contributed by atoms with Gasteiger partial charge in [0.2, 0.25) is 6.10 Å². The Bertz CT molecular complexity index is 803. The molecule has 2 heterocycles. The molecule has 9 heteroatoms. The summed E-state index contributed by atoms with van der Waals surface area (Å²) in [5.74, 6) is 0.0572. The number of benzene rings is 1. The summed E-state index contributed by atoms with van der Waals surface area (Å²) in [7, 11) is 0. The van der Waals surface area contributed by atoms with Gasteiger partial charge in [-0.15, -0.1) is 0 Å². The highest BCUT2D eigenvalue weighted by Crippen LogP contribution is 2.29. The van der Waals surface area contributed by atoms with Gasteiger partial charge in [0.15, 0.2) is 0 Å². The average Bonchev–Trinajstić information content (AvgIpc) is 2.69. The molecule has 1 saturated heterocycles. The molecule has 1 aromatic heterocycles. The number of halogens is 4. The Balaban J connectivity index is 1.61. The molecule has 1 unspecified atom stereocenters. The number of carbonyl (C=O) groups is 1. The normalized spacial score (nSPS) is 18.8. The lowest BCUT2D eigenvalue weighted by Crippen LogP contribution is -2.47. The number of rotatable bonds is 5. The molecule has 0 saturated carbocycles. The Kier molecular flexibility index (Phi) is 6.97. The number of hydrogen-bond acceptors (Lipinski definition) is 4. The number of likely N-dealkylation sites (tertiary alicyclic amines) is 1. The zero-order chi connectivity index (χ0) is 20.9. The molecule has 5 nitrogen and oxygen atoms in total. The Morgan fingerprint density at radius 3 is 2.69 bits per heavy atom. The van der Waals surface area contributed by atoms with Gasteiger partial charge in [-0.25, -0.2) is 4.79 Å². The summed E-state index contributed by atoms with van der Waals surface area (Å²) in [5, 5.41) is 2.74. The molecule has 1 aromatic carbocycles. The lowest BCUT2D eigenvalue weighted by Gasteiger charge is -2.34. The SMILES string of the molecule is O=C(Nc1ccc(Cl)cc1)OC(CN1CCC[C@H](c2ccccn2)C1)C(F)(F)F. The van der Waals surface area contributed by atoms with E-state index in [1.807, 2.05) is 12.1 Å². The zero-order valence-electron chi connectivity index (χ0n) is 15.5. The molecule has 3 rings (SSSR count). The monoisotopic (exact) mass is 427 g/mol. The summed E-state index contributed by atoms with van der Waals surface area (Å²) in [4.78, 5) is 18.0. The Labute approximate surface area is 171 Å². The van der Waals surface area contributed by atoms with Gasteiger partial charge < -0.3 is 4.74 Å². The van der Waals surface area contributed by atoms with Crippen molar-refractivity contribution in [2.45, 2.75) is 31.0 Å². The highest BCUT2D eigenvalue weighted by molar-refractivity contribution is 6.30. The molecular formula is C20H21ClF3N3O2. The van der Waals surface area contributed by atoms with Crippen molar-refractivity contribution < 1.29 is 22.7 Å². The third kappa shape index (κ3) is 6.33. The number of hydrogen-bond donors (Lipinski definition) is 1. The second kappa shape index (κ2) is 9.45. The summed E-state index contributed by atoms with van der Waals surface area (Å²) in [6.45, 7) is 0.532. The van der Waals surface area contributed by atoms with Crippen molar-refractivity contribution in [3.8, 4) is 0 Å². The van der Waals surface area contributed by atoms with Crippen LogP contribution in [0.2, 0.25) is 5.02 Å². The van der Waals surface area contributed by atoms with Crippen molar-refractivity contribution in [2.75, 3.05) is 25.0 Å². The van der Waals surface area contributed by atoms with Gasteiger partial charge in [-0.2, -0.15) is 13.2 Å². The van der Waals surface area contributed by atoms with Crippen molar-refractivity contribution in [3.05, 3.63) is 59.4 Å². The van der Waals surface area contributed by atoms with Gasteiger partial charge >= 0.3 is 12.3 Å². The van der Waals surface area contributed by atoms with Gasteiger partial charge in [-0.3, -0.25) is 15.2 Å². The van der Waals surface area contributed by atoms with Crippen LogP contribution in [0.4, 0.5) is 23.7 Å². The van der Waals surface area contributed by atoms with E-state index in [2.05, 4.69) is 10.3 Å². The third-order valence-electron chi connectivity index (χ3n) is 4.74. The maximum Gasteiger partial charge on any atom is 0.426 e. The van der Waals surface area contributed by atoms with E-state index >= 15 is 0 Å². The zero-order valence-corrected chi connectivity index (χ0v) is 16.3. The van der Waals surface area contributed by atoms with Gasteiger partial charge in [0.05, 0.1) is 0 Å². The maximum atomic E-state index is 13.5. The molecule has 0 spiro atoms. The van der Waals surface area contributed by atoms with Crippen molar-refractivity contribution >= 4 is 23.4 Å². The number of alkyl halides is 3. The summed E-state index contributed by atoms with van der Waals surface area (Å²) < 4.78 is 45.2. The van der Waals surface area contributed by atoms with Crippen molar-refractivity contribution in [1.29, 1.82) is 0 Å². The number of nitrogens with one attached hydrogen (secondary N) is 1. The van der Waals surface area contributed by atoms with Crippen LogP contribution in [0, 0.1) is 0 Å². The van der Waals surface area contributed by atoms with E-state index in [0.717, 1.165) is 18.5 Å². The molecule has 1 N–H and O–H groups in total. The van der Waals surface area contributed by atoms with Gasteiger partial charge in [-0.1, -0.05) is 17.7 Å². The molecule has 1 aliphatic heterocycles. The third-order valence-corrected chi connectivity index (χ3v) is 4.99. The first-order valence-electron chi connectivity index (χ1n) is 9.24. The van der Waals surface area contributed by atoms with Gasteiger partial charge in [0, 0.05) is 41.6 Å². The highest BCUT2D eigenvalue weighted by atomic mass is 35.5. The summed E-state index contributed by atoms with van der Waals surface area (Å²) in [6.07, 6.45) is -4.76. The fourth-order valence-electron chi connectivity index (χ4n) is 3.33. The molecule has 2 atom stereocenters. The number of nitrogens with zero attached hydrogens (tertiary/aromatic N) is 2. The molecule has 1 fully saturated rings. The van der Waals surface area contributed by atoms with E-state index < -0.39 is 24.9 Å². The fourth-order valence-corrected chi connectivity index (χ4v) is 3.46. The van der Waals surface area contributed by atoms with Gasteiger partial charge in [-0.05, 0) is 55.8 Å². The number of aromatic nitrogens is 1. The first kappa shape index (κ1) is 21.4. The summed E-state index contributed by atoms with van der Waals surface area (Å²) >= 11 is 5.75. The van der Waals surface area contributed by atoms with E-state index in [-0.39, 0.29) is 5.92 Å². The minimum absolute atomic E-state index is 0.0572. The molecule has 1 amide bonds. The lowest BCUT2D eigenvalue weighted by atomic mass is 9.94. The maximum absolute atomic E-state index is 13.5. The topological polar surface area (TPSA) is 54.5 Å². The molecule has 0 radical (unpaired) electrons. The number of piperidine rings is 1. The lowest BCUT2D eigenvalue weighted by molar-refractivity contribution is -0.207. The van der Waals surface area contributed by atoms with Crippen LogP contribution in [-0.4, -0.2) is 47.9 Å². The molecule has 2 aromatic rings. The first-order valence-corrected chi connectivity index (χ1v) is 9.62. The van der Waals surface area contributed by atoms with Crippen LogP contribution in [0.1, 0.15) is 24.5 Å². The molecule has 1 aliphatic rings. The molecule has 29 heavy (non-hydrogen) atoms. The number of anilines is 1. The largest absolute Gasteiger partial charge is 0.435 e. The van der Waals surface area contributed by atoms with E-state index in [9.17, 15) is 18.0 Å². The molecule has 156 valence electrons. The van der Waals surface area contributed by atoms with Crippen molar-refractivity contribution in [2.24, 2.45) is 0 Å². The quantitative estimate of drug-likeness (QED) is 0.721. The Hall–Kier alpha value is -2.32. The van der Waals surface area contributed by atoms with Crippen LogP contribution in [0.5, 0.6) is 0 Å². The van der Waals surface area contributed by atoms with E-state index in [1.54, 1.807) is 17.2 Å². The predicted molar refractivity (Wildman–Crippen MR) is 104 cm³/mol. The van der Waals surface area contributed by atoms with Crippen molar-refractivity contribution in [1.82, 2.24) is 9.88 Å². The Morgan fingerprint density at radius 2 is 2.03 bits per heavy atom. The molecule has 0 bridgehead atoms. The minimum Gasteiger partial charge on any atom is -0.435 e. The van der Waals surface area contributed by atoms with Crippen LogP contribution in [0.15, 0.2) is 48.7 Å². The van der Waals surface area contributed by atoms with Gasteiger partial charge in [0.1, 0.15) is 0 Å². The van der Waals surface area contributed by atoms with Gasteiger partial charge in [0.25, 0.3) is 0 Å². The molecule has 0 aliphatic carbocycles. The minimum atomic E-state index is -4.67. The summed E-state index contributed by atoms with van der Waals surface area (Å²) in [5.41, 5.74) is 1.16. The van der Waals surface area contributed by atoms with Crippen LogP contribution in [0.25, 0.3) is 0 Å². The number of carbonyl (C=O) groups excluding carboxylic acids is 1. The number of amides is 1. The van der Waals surface area contributed by atoms with Crippen molar-refractivity contribution in [3.63, 3.8) is 0 Å². The highest BCUT2D eigenvalue weighted by Gasteiger charge is 2.44. The number of pyridine rings is 1. The van der Waals surface area contributed by atoms with Crippen LogP contribution >= 0.6 is 11.6 Å². The van der Waals surface area contributed by atoms with E-state index in [0.29, 0.717) is 23.8 Å². The number of ether oxygens (including phenoxy) is 1. The smallest absolute Gasteiger partial charge is 0.426 e. The average molecular weight is 428 g/mol. The second-order valence-electron chi connectivity index (χ2n) is 6.92. The fraction of sp³-hybridized carbons (Fsp3) is 0.400. The van der Waals surface area contributed by atoms with Crippen LogP contribution < -0.4 is 5.32 Å².